The number of benzene rings is 1. The summed E-state index contributed by atoms with van der Waals surface area (Å²) in [5.74, 6) is -0.796. The quantitative estimate of drug-likeness (QED) is 0.821. The van der Waals surface area contributed by atoms with E-state index >= 15 is 0 Å². The van der Waals surface area contributed by atoms with Crippen LogP contribution in [0.3, 0.4) is 0 Å². The van der Waals surface area contributed by atoms with Gasteiger partial charge in [-0.15, -0.1) is 0 Å². The van der Waals surface area contributed by atoms with E-state index in [-0.39, 0.29) is 24.2 Å². The Morgan fingerprint density at radius 3 is 2.48 bits per heavy atom. The summed E-state index contributed by atoms with van der Waals surface area (Å²) in [7, 11) is -1.74. The maximum absolute atomic E-state index is 14.1. The van der Waals surface area contributed by atoms with Gasteiger partial charge < -0.3 is 10.1 Å². The van der Waals surface area contributed by atoms with Crippen LogP contribution in [-0.4, -0.2) is 51.6 Å². The van der Waals surface area contributed by atoms with Crippen molar-refractivity contribution in [3.05, 3.63) is 35.6 Å². The van der Waals surface area contributed by atoms with Crippen LogP contribution in [0.15, 0.2) is 24.3 Å². The molecule has 0 radical (unpaired) electrons. The van der Waals surface area contributed by atoms with Crippen molar-refractivity contribution in [3.8, 4) is 0 Å². The third-order valence-corrected chi connectivity index (χ3v) is 6.09. The van der Waals surface area contributed by atoms with Gasteiger partial charge in [-0.25, -0.2) is 17.1 Å². The van der Waals surface area contributed by atoms with Crippen LogP contribution < -0.4 is 5.32 Å². The molecule has 0 aromatic heterocycles. The number of nitrogens with one attached hydrogen (secondary N) is 1. The van der Waals surface area contributed by atoms with Gasteiger partial charge >= 0.3 is 0 Å². The van der Waals surface area contributed by atoms with Gasteiger partial charge in [0.2, 0.25) is 15.9 Å². The van der Waals surface area contributed by atoms with Crippen LogP contribution in [0.25, 0.3) is 0 Å². The van der Waals surface area contributed by atoms with E-state index in [4.69, 9.17) is 4.74 Å². The van der Waals surface area contributed by atoms with Crippen molar-refractivity contribution in [2.75, 3.05) is 33.0 Å². The van der Waals surface area contributed by atoms with Crippen LogP contribution >= 0.6 is 0 Å². The van der Waals surface area contributed by atoms with Crippen molar-refractivity contribution < 1.29 is 22.3 Å². The Labute approximate surface area is 148 Å². The number of hydrogen-bond acceptors (Lipinski definition) is 4. The first kappa shape index (κ1) is 19.8. The Morgan fingerprint density at radius 1 is 1.36 bits per heavy atom. The van der Waals surface area contributed by atoms with E-state index in [0.717, 1.165) is 0 Å². The van der Waals surface area contributed by atoms with Gasteiger partial charge in [-0.05, 0) is 25.8 Å². The zero-order valence-corrected chi connectivity index (χ0v) is 15.6. The second kappa shape index (κ2) is 7.80. The lowest BCUT2D eigenvalue weighted by Gasteiger charge is -2.32. The first-order chi connectivity index (χ1) is 11.7. The molecule has 1 aliphatic rings. The van der Waals surface area contributed by atoms with Crippen LogP contribution in [0.1, 0.15) is 25.3 Å². The molecule has 0 saturated carbocycles. The molecule has 140 valence electrons. The molecule has 1 aliphatic heterocycles. The lowest BCUT2D eigenvalue weighted by atomic mass is 9.93. The highest BCUT2D eigenvalue weighted by Crippen LogP contribution is 2.27. The van der Waals surface area contributed by atoms with Gasteiger partial charge in [0.25, 0.3) is 0 Å². The minimum Gasteiger partial charge on any atom is -0.372 e. The molecular formula is C17H25FN2O4S. The highest BCUT2D eigenvalue weighted by Gasteiger charge is 2.33. The molecule has 2 rings (SSSR count). The Hall–Kier alpha value is -1.51. The number of nitrogens with zero attached hydrogens (tertiary/aromatic N) is 1. The van der Waals surface area contributed by atoms with Crippen LogP contribution in [0.5, 0.6) is 0 Å². The van der Waals surface area contributed by atoms with Crippen molar-refractivity contribution >= 4 is 15.9 Å². The second-order valence-corrected chi connectivity index (χ2v) is 8.55. The standard InChI is InChI=1S/C17H25FN2O4S/c1-17(24-2,14-6-4-5-7-15(14)18)12-19-16(21)13-8-10-20(11-9-13)25(3,22)23/h4-7,13H,8-12H2,1-3H3,(H,19,21)/t17-/m1/s1. The smallest absolute Gasteiger partial charge is 0.223 e. The SMILES string of the molecule is CO[C@](C)(CNC(=O)C1CCN(S(C)(=O)=O)CC1)c1ccccc1F. The molecule has 0 bridgehead atoms. The molecule has 1 fully saturated rings. The Morgan fingerprint density at radius 2 is 1.96 bits per heavy atom. The van der Waals surface area contributed by atoms with Crippen LogP contribution in [0.2, 0.25) is 0 Å². The number of hydrogen-bond donors (Lipinski definition) is 1. The van der Waals surface area contributed by atoms with Gasteiger partial charge in [-0.1, -0.05) is 18.2 Å². The Kier molecular flexibility index (Phi) is 6.18. The third-order valence-electron chi connectivity index (χ3n) is 4.79. The maximum atomic E-state index is 14.1. The summed E-state index contributed by atoms with van der Waals surface area (Å²) < 4.78 is 43.9. The summed E-state index contributed by atoms with van der Waals surface area (Å²) in [6, 6.07) is 6.31. The summed E-state index contributed by atoms with van der Waals surface area (Å²) in [4.78, 5) is 12.4. The molecule has 8 heteroatoms. The highest BCUT2D eigenvalue weighted by molar-refractivity contribution is 7.88. The first-order valence-corrected chi connectivity index (χ1v) is 10.1. The average Bonchev–Trinajstić information content (AvgIpc) is 2.59. The van der Waals surface area contributed by atoms with E-state index in [1.165, 1.54) is 23.7 Å². The fourth-order valence-corrected chi connectivity index (χ4v) is 3.89. The monoisotopic (exact) mass is 372 g/mol. The number of methoxy groups -OCH3 is 1. The fraction of sp³-hybridized carbons (Fsp3) is 0.588. The molecule has 1 saturated heterocycles. The molecule has 1 heterocycles. The minimum atomic E-state index is -3.22. The van der Waals surface area contributed by atoms with Crippen molar-refractivity contribution in [2.24, 2.45) is 5.92 Å². The number of ether oxygens (including phenoxy) is 1. The van der Waals surface area contributed by atoms with Crippen molar-refractivity contribution in [3.63, 3.8) is 0 Å². The fourth-order valence-electron chi connectivity index (χ4n) is 3.02. The summed E-state index contributed by atoms with van der Waals surface area (Å²) in [6.45, 7) is 2.53. The molecular weight excluding hydrogens is 347 g/mol. The molecule has 1 N–H and O–H groups in total. The average molecular weight is 372 g/mol. The van der Waals surface area contributed by atoms with Gasteiger partial charge in [0, 0.05) is 31.7 Å². The van der Waals surface area contributed by atoms with Crippen molar-refractivity contribution in [2.45, 2.75) is 25.4 Å². The van der Waals surface area contributed by atoms with Gasteiger partial charge in [0.1, 0.15) is 11.4 Å². The van der Waals surface area contributed by atoms with E-state index in [9.17, 15) is 17.6 Å². The number of carbonyl (C=O) groups is 1. The minimum absolute atomic E-state index is 0.134. The molecule has 1 amide bonds. The normalized spacial score (nSPS) is 19.4. The molecule has 0 aliphatic carbocycles. The molecule has 0 spiro atoms. The highest BCUT2D eigenvalue weighted by atomic mass is 32.2. The Balaban J connectivity index is 1.96. The zero-order valence-electron chi connectivity index (χ0n) is 14.8. The predicted octanol–water partition coefficient (Wildman–Crippen LogP) is 1.48. The Bertz CT molecular complexity index is 717. The lowest BCUT2D eigenvalue weighted by Crippen LogP contribution is -2.46. The number of rotatable bonds is 6. The van der Waals surface area contributed by atoms with Gasteiger partial charge in [0.05, 0.1) is 12.8 Å². The molecule has 0 unspecified atom stereocenters. The second-order valence-electron chi connectivity index (χ2n) is 6.57. The van der Waals surface area contributed by atoms with Gasteiger partial charge in [0.15, 0.2) is 0 Å². The van der Waals surface area contributed by atoms with E-state index in [2.05, 4.69) is 5.32 Å². The third kappa shape index (κ3) is 4.77. The van der Waals surface area contributed by atoms with E-state index in [0.29, 0.717) is 31.5 Å². The van der Waals surface area contributed by atoms with Crippen molar-refractivity contribution in [1.29, 1.82) is 0 Å². The van der Waals surface area contributed by atoms with Gasteiger partial charge in [-0.2, -0.15) is 0 Å². The molecule has 6 nitrogen and oxygen atoms in total. The summed E-state index contributed by atoms with van der Waals surface area (Å²) in [5.41, 5.74) is -0.598. The van der Waals surface area contributed by atoms with Crippen LogP contribution in [0.4, 0.5) is 4.39 Å². The number of sulfonamides is 1. The number of piperidine rings is 1. The summed E-state index contributed by atoms with van der Waals surface area (Å²) in [5, 5.41) is 2.82. The zero-order chi connectivity index (χ0) is 18.7. The molecule has 1 aromatic rings. The van der Waals surface area contributed by atoms with Crippen molar-refractivity contribution in [1.82, 2.24) is 9.62 Å². The maximum Gasteiger partial charge on any atom is 0.223 e. The molecule has 1 atom stereocenters. The number of carbonyl (C=O) groups excluding carboxylic acids is 1. The molecule has 1 aromatic carbocycles. The van der Waals surface area contributed by atoms with E-state index < -0.39 is 15.6 Å². The van der Waals surface area contributed by atoms with Crippen LogP contribution in [0, 0.1) is 11.7 Å². The van der Waals surface area contributed by atoms with Crippen LogP contribution in [-0.2, 0) is 25.2 Å². The largest absolute Gasteiger partial charge is 0.372 e. The predicted molar refractivity (Wildman–Crippen MR) is 92.9 cm³/mol. The number of halogens is 1. The first-order valence-electron chi connectivity index (χ1n) is 8.20. The summed E-state index contributed by atoms with van der Waals surface area (Å²) >= 11 is 0. The topological polar surface area (TPSA) is 75.7 Å². The van der Waals surface area contributed by atoms with Gasteiger partial charge in [-0.3, -0.25) is 4.79 Å². The van der Waals surface area contributed by atoms with E-state index in [1.807, 2.05) is 0 Å². The van der Waals surface area contributed by atoms with E-state index in [1.54, 1.807) is 25.1 Å². The number of amides is 1. The molecule has 25 heavy (non-hydrogen) atoms. The summed E-state index contributed by atoms with van der Waals surface area (Å²) in [6.07, 6.45) is 2.12. The lowest BCUT2D eigenvalue weighted by molar-refractivity contribution is -0.127.